The minimum atomic E-state index is -0.500. The molecule has 48 valence electrons. The van der Waals surface area contributed by atoms with Gasteiger partial charge < -0.3 is 9.84 Å². The van der Waals surface area contributed by atoms with Crippen molar-refractivity contribution >= 4 is 0 Å². The first-order valence-corrected chi connectivity index (χ1v) is 3.03. The molecule has 0 aromatic rings. The van der Waals surface area contributed by atoms with Gasteiger partial charge in [0.1, 0.15) is 0 Å². The highest BCUT2D eigenvalue weighted by Crippen LogP contribution is 2.23. The smallest absolute Gasteiger partial charge is 0.155 e. The van der Waals surface area contributed by atoms with E-state index >= 15 is 0 Å². The van der Waals surface area contributed by atoms with E-state index in [2.05, 4.69) is 6.92 Å². The average Bonchev–Trinajstić information content (AvgIpc) is 1.85. The molecule has 8 heavy (non-hydrogen) atoms. The Morgan fingerprint density at radius 3 is 2.25 bits per heavy atom. The standard InChI is InChI=1S/C6H12O2/c1-4-3-6(7)8-5(4)2/h4-7H,3H2,1-2H3. The molecule has 1 saturated heterocycles. The molecule has 1 rings (SSSR count). The molecule has 1 aliphatic rings. The number of aliphatic hydroxyl groups is 1. The van der Waals surface area contributed by atoms with E-state index in [9.17, 15) is 0 Å². The first-order chi connectivity index (χ1) is 3.70. The summed E-state index contributed by atoms with van der Waals surface area (Å²) in [6.45, 7) is 4.07. The van der Waals surface area contributed by atoms with Crippen molar-refractivity contribution in [3.8, 4) is 0 Å². The topological polar surface area (TPSA) is 29.5 Å². The Labute approximate surface area is 49.5 Å². The van der Waals surface area contributed by atoms with Gasteiger partial charge in [0.15, 0.2) is 6.29 Å². The van der Waals surface area contributed by atoms with Gasteiger partial charge in [0.25, 0.3) is 0 Å². The van der Waals surface area contributed by atoms with Gasteiger partial charge in [0.2, 0.25) is 0 Å². The molecule has 3 atom stereocenters. The number of hydrogen-bond donors (Lipinski definition) is 1. The van der Waals surface area contributed by atoms with Crippen molar-refractivity contribution in [2.75, 3.05) is 0 Å². The lowest BCUT2D eigenvalue weighted by Crippen LogP contribution is -2.07. The quantitative estimate of drug-likeness (QED) is 0.506. The van der Waals surface area contributed by atoms with Crippen LogP contribution in [0.3, 0.4) is 0 Å². The van der Waals surface area contributed by atoms with Crippen LogP contribution in [0, 0.1) is 5.92 Å². The van der Waals surface area contributed by atoms with Crippen molar-refractivity contribution < 1.29 is 9.84 Å². The van der Waals surface area contributed by atoms with E-state index in [1.165, 1.54) is 0 Å². The molecule has 3 unspecified atom stereocenters. The maximum atomic E-state index is 8.85. The van der Waals surface area contributed by atoms with Crippen LogP contribution in [0.25, 0.3) is 0 Å². The molecule has 0 amide bonds. The minimum absolute atomic E-state index is 0.241. The Kier molecular flexibility index (Phi) is 1.54. The van der Waals surface area contributed by atoms with Gasteiger partial charge in [-0.05, 0) is 12.8 Å². The summed E-state index contributed by atoms with van der Waals surface area (Å²) in [6.07, 6.45) is 0.534. The average molecular weight is 116 g/mol. The second-order valence-corrected chi connectivity index (χ2v) is 2.51. The van der Waals surface area contributed by atoms with Crippen LogP contribution in [-0.4, -0.2) is 17.5 Å². The van der Waals surface area contributed by atoms with E-state index in [1.807, 2.05) is 6.92 Å². The van der Waals surface area contributed by atoms with Crippen molar-refractivity contribution in [2.45, 2.75) is 32.7 Å². The van der Waals surface area contributed by atoms with Gasteiger partial charge in [-0.25, -0.2) is 0 Å². The summed E-state index contributed by atoms with van der Waals surface area (Å²) >= 11 is 0. The van der Waals surface area contributed by atoms with Gasteiger partial charge in [-0.3, -0.25) is 0 Å². The molecule has 1 heterocycles. The molecular formula is C6H12O2. The SMILES string of the molecule is CC1CC(O)OC1C. The molecule has 2 heteroatoms. The highest BCUT2D eigenvalue weighted by molar-refractivity contribution is 4.69. The van der Waals surface area contributed by atoms with Gasteiger partial charge in [-0.1, -0.05) is 6.92 Å². The molecule has 0 bridgehead atoms. The maximum Gasteiger partial charge on any atom is 0.155 e. The predicted molar refractivity (Wildman–Crippen MR) is 30.3 cm³/mol. The third kappa shape index (κ3) is 1.01. The number of ether oxygens (including phenoxy) is 1. The van der Waals surface area contributed by atoms with Crippen LogP contribution in [0.4, 0.5) is 0 Å². The van der Waals surface area contributed by atoms with Crippen LogP contribution in [0.15, 0.2) is 0 Å². The van der Waals surface area contributed by atoms with Crippen LogP contribution < -0.4 is 0 Å². The Morgan fingerprint density at radius 1 is 1.50 bits per heavy atom. The Bertz CT molecular complexity index is 72.6. The Balaban J connectivity index is 2.39. The molecule has 1 N–H and O–H groups in total. The van der Waals surface area contributed by atoms with E-state index < -0.39 is 6.29 Å². The monoisotopic (exact) mass is 116 g/mol. The summed E-state index contributed by atoms with van der Waals surface area (Å²) in [6, 6.07) is 0. The van der Waals surface area contributed by atoms with Gasteiger partial charge in [0.05, 0.1) is 6.10 Å². The number of aliphatic hydroxyl groups excluding tert-OH is 1. The lowest BCUT2D eigenvalue weighted by Gasteiger charge is -2.04. The van der Waals surface area contributed by atoms with Crippen LogP contribution in [0.1, 0.15) is 20.3 Å². The molecular weight excluding hydrogens is 104 g/mol. The summed E-state index contributed by atoms with van der Waals surface area (Å²) in [5.74, 6) is 0.519. The summed E-state index contributed by atoms with van der Waals surface area (Å²) in [5.41, 5.74) is 0. The molecule has 1 aliphatic heterocycles. The summed E-state index contributed by atoms with van der Waals surface area (Å²) in [7, 11) is 0. The largest absolute Gasteiger partial charge is 0.368 e. The Morgan fingerprint density at radius 2 is 2.12 bits per heavy atom. The second kappa shape index (κ2) is 2.03. The molecule has 0 aromatic carbocycles. The van der Waals surface area contributed by atoms with Crippen LogP contribution in [0.2, 0.25) is 0 Å². The third-order valence-electron chi connectivity index (χ3n) is 1.75. The van der Waals surface area contributed by atoms with Crippen LogP contribution >= 0.6 is 0 Å². The lowest BCUT2D eigenvalue weighted by atomic mass is 10.1. The summed E-state index contributed by atoms with van der Waals surface area (Å²) < 4.78 is 5.03. The Hall–Kier alpha value is -0.0800. The van der Waals surface area contributed by atoms with E-state index in [0.29, 0.717) is 5.92 Å². The van der Waals surface area contributed by atoms with E-state index in [-0.39, 0.29) is 6.10 Å². The van der Waals surface area contributed by atoms with E-state index in [0.717, 1.165) is 6.42 Å². The van der Waals surface area contributed by atoms with Crippen LogP contribution in [-0.2, 0) is 4.74 Å². The molecule has 0 aromatic heterocycles. The summed E-state index contributed by atoms with van der Waals surface area (Å²) in [4.78, 5) is 0. The number of hydrogen-bond acceptors (Lipinski definition) is 2. The van der Waals surface area contributed by atoms with Crippen molar-refractivity contribution in [3.05, 3.63) is 0 Å². The van der Waals surface area contributed by atoms with Gasteiger partial charge in [-0.2, -0.15) is 0 Å². The highest BCUT2D eigenvalue weighted by Gasteiger charge is 2.26. The highest BCUT2D eigenvalue weighted by atomic mass is 16.6. The normalized spacial score (nSPS) is 47.6. The van der Waals surface area contributed by atoms with Crippen molar-refractivity contribution in [1.29, 1.82) is 0 Å². The molecule has 0 radical (unpaired) electrons. The summed E-state index contributed by atoms with van der Waals surface area (Å²) in [5, 5.41) is 8.85. The zero-order valence-electron chi connectivity index (χ0n) is 5.29. The number of rotatable bonds is 0. The zero-order valence-corrected chi connectivity index (χ0v) is 5.29. The van der Waals surface area contributed by atoms with Crippen molar-refractivity contribution in [3.63, 3.8) is 0 Å². The van der Waals surface area contributed by atoms with Gasteiger partial charge >= 0.3 is 0 Å². The van der Waals surface area contributed by atoms with Gasteiger partial charge in [0, 0.05) is 6.42 Å². The molecule has 2 nitrogen and oxygen atoms in total. The third-order valence-corrected chi connectivity index (χ3v) is 1.75. The van der Waals surface area contributed by atoms with E-state index in [4.69, 9.17) is 9.84 Å². The van der Waals surface area contributed by atoms with Crippen LogP contribution in [0.5, 0.6) is 0 Å². The molecule has 1 fully saturated rings. The molecule has 0 saturated carbocycles. The molecule has 0 aliphatic carbocycles. The maximum absolute atomic E-state index is 8.85. The predicted octanol–water partition coefficient (Wildman–Crippen LogP) is 0.750. The fourth-order valence-corrected chi connectivity index (χ4v) is 0.947. The fourth-order valence-electron chi connectivity index (χ4n) is 0.947. The van der Waals surface area contributed by atoms with Crippen molar-refractivity contribution in [1.82, 2.24) is 0 Å². The van der Waals surface area contributed by atoms with Gasteiger partial charge in [-0.15, -0.1) is 0 Å². The zero-order chi connectivity index (χ0) is 6.15. The molecule has 0 spiro atoms. The van der Waals surface area contributed by atoms with E-state index in [1.54, 1.807) is 0 Å². The first-order valence-electron chi connectivity index (χ1n) is 3.03. The first kappa shape index (κ1) is 6.05. The lowest BCUT2D eigenvalue weighted by molar-refractivity contribution is -0.0863. The minimum Gasteiger partial charge on any atom is -0.368 e. The second-order valence-electron chi connectivity index (χ2n) is 2.51. The fraction of sp³-hybridized carbons (Fsp3) is 1.00. The van der Waals surface area contributed by atoms with Crippen molar-refractivity contribution in [2.24, 2.45) is 5.92 Å².